The number of rotatable bonds is 1. The molecule has 0 radical (unpaired) electrons. The van der Waals surface area contributed by atoms with Gasteiger partial charge in [-0.3, -0.25) is 0 Å². The first-order valence-electron chi connectivity index (χ1n) is 6.15. The van der Waals surface area contributed by atoms with Crippen LogP contribution in [0.4, 0.5) is 0 Å². The lowest BCUT2D eigenvalue weighted by atomic mass is 9.78. The zero-order valence-corrected chi connectivity index (χ0v) is 11.1. The minimum absolute atomic E-state index is 0.157. The number of benzene rings is 1. The van der Waals surface area contributed by atoms with Gasteiger partial charge in [0.05, 0.1) is 6.61 Å². The fraction of sp³-hybridized carbons (Fsp3) is 0.600. The van der Waals surface area contributed by atoms with Crippen LogP contribution in [0.5, 0.6) is 5.75 Å². The van der Waals surface area contributed by atoms with E-state index in [4.69, 9.17) is 4.74 Å². The minimum atomic E-state index is 0.157. The van der Waals surface area contributed by atoms with Gasteiger partial charge in [-0.25, -0.2) is 0 Å². The van der Waals surface area contributed by atoms with Crippen LogP contribution in [0.1, 0.15) is 52.2 Å². The molecule has 0 bridgehead atoms. The molecule has 0 amide bonds. The van der Waals surface area contributed by atoms with Gasteiger partial charge in [-0.05, 0) is 17.4 Å². The molecule has 1 heteroatoms. The first-order chi connectivity index (χ1) is 7.38. The van der Waals surface area contributed by atoms with Crippen LogP contribution < -0.4 is 4.74 Å². The van der Waals surface area contributed by atoms with E-state index in [-0.39, 0.29) is 10.8 Å². The molecule has 0 saturated carbocycles. The molecule has 1 heterocycles. The molecule has 0 aliphatic carbocycles. The maximum Gasteiger partial charge on any atom is 0.126 e. The van der Waals surface area contributed by atoms with Gasteiger partial charge in [0.15, 0.2) is 0 Å². The third-order valence-electron chi connectivity index (χ3n) is 3.79. The van der Waals surface area contributed by atoms with Gasteiger partial charge < -0.3 is 4.74 Å². The van der Waals surface area contributed by atoms with Crippen molar-refractivity contribution < 1.29 is 4.74 Å². The molecule has 0 fully saturated rings. The molecule has 0 aromatic heterocycles. The second-order valence-corrected chi connectivity index (χ2v) is 6.14. The largest absolute Gasteiger partial charge is 0.492 e. The lowest BCUT2D eigenvalue weighted by Crippen LogP contribution is -2.22. The third-order valence-corrected chi connectivity index (χ3v) is 3.79. The van der Waals surface area contributed by atoms with Gasteiger partial charge in [-0.1, -0.05) is 52.8 Å². The molecule has 1 aromatic carbocycles. The van der Waals surface area contributed by atoms with E-state index in [2.05, 4.69) is 52.8 Å². The molecule has 2 rings (SSSR count). The van der Waals surface area contributed by atoms with Crippen molar-refractivity contribution in [1.29, 1.82) is 0 Å². The summed E-state index contributed by atoms with van der Waals surface area (Å²) in [4.78, 5) is 0. The Morgan fingerprint density at radius 3 is 2.56 bits per heavy atom. The van der Waals surface area contributed by atoms with Crippen molar-refractivity contribution in [2.45, 2.75) is 51.9 Å². The summed E-state index contributed by atoms with van der Waals surface area (Å²) >= 11 is 0. The Morgan fingerprint density at radius 1 is 1.31 bits per heavy atom. The van der Waals surface area contributed by atoms with Crippen LogP contribution in [-0.4, -0.2) is 6.61 Å². The highest BCUT2D eigenvalue weighted by Gasteiger charge is 2.37. The Bertz CT molecular complexity index is 400. The van der Waals surface area contributed by atoms with Gasteiger partial charge in [0, 0.05) is 11.0 Å². The summed E-state index contributed by atoms with van der Waals surface area (Å²) in [6, 6.07) is 6.59. The fourth-order valence-corrected chi connectivity index (χ4v) is 2.36. The quantitative estimate of drug-likeness (QED) is 0.691. The van der Waals surface area contributed by atoms with Gasteiger partial charge in [-0.2, -0.15) is 0 Å². The monoisotopic (exact) mass is 218 g/mol. The molecule has 88 valence electrons. The van der Waals surface area contributed by atoms with Crippen LogP contribution in [0.25, 0.3) is 0 Å². The van der Waals surface area contributed by atoms with Crippen LogP contribution in [0.15, 0.2) is 18.2 Å². The maximum atomic E-state index is 5.96. The van der Waals surface area contributed by atoms with E-state index in [0.717, 1.165) is 18.8 Å². The summed E-state index contributed by atoms with van der Waals surface area (Å²) in [5, 5.41) is 0. The van der Waals surface area contributed by atoms with Gasteiger partial charge in [0.2, 0.25) is 0 Å². The molecule has 0 spiro atoms. The number of fused-ring (bicyclic) bond motifs is 1. The highest BCUT2D eigenvalue weighted by atomic mass is 16.5. The predicted octanol–water partition coefficient (Wildman–Crippen LogP) is 4.04. The van der Waals surface area contributed by atoms with E-state index in [1.54, 1.807) is 0 Å². The van der Waals surface area contributed by atoms with Crippen LogP contribution >= 0.6 is 0 Å². The molecular weight excluding hydrogens is 196 g/mol. The Morgan fingerprint density at radius 2 is 2.00 bits per heavy atom. The number of para-hydroxylation sites is 1. The maximum absolute atomic E-state index is 5.96. The highest BCUT2D eigenvalue weighted by molar-refractivity contribution is 5.51. The number of ether oxygens (including phenoxy) is 1. The summed E-state index contributed by atoms with van der Waals surface area (Å²) in [7, 11) is 0. The zero-order valence-electron chi connectivity index (χ0n) is 11.1. The average molecular weight is 218 g/mol. The van der Waals surface area contributed by atoms with Crippen LogP contribution in [0, 0.1) is 0 Å². The van der Waals surface area contributed by atoms with E-state index in [9.17, 15) is 0 Å². The van der Waals surface area contributed by atoms with Crippen molar-refractivity contribution in [3.63, 3.8) is 0 Å². The molecule has 1 aliphatic heterocycles. The van der Waals surface area contributed by atoms with Gasteiger partial charge >= 0.3 is 0 Å². The molecule has 1 unspecified atom stereocenters. The van der Waals surface area contributed by atoms with Crippen molar-refractivity contribution in [3.8, 4) is 5.75 Å². The van der Waals surface area contributed by atoms with E-state index >= 15 is 0 Å². The number of hydrogen-bond acceptors (Lipinski definition) is 1. The van der Waals surface area contributed by atoms with Gasteiger partial charge in [-0.15, -0.1) is 0 Å². The molecule has 1 aromatic rings. The second-order valence-electron chi connectivity index (χ2n) is 6.14. The molecule has 1 nitrogen and oxygen atoms in total. The smallest absolute Gasteiger partial charge is 0.126 e. The molecular formula is C15H22O. The van der Waals surface area contributed by atoms with Crippen molar-refractivity contribution in [1.82, 2.24) is 0 Å². The van der Waals surface area contributed by atoms with Crippen LogP contribution in [-0.2, 0) is 10.8 Å². The summed E-state index contributed by atoms with van der Waals surface area (Å²) in [5.41, 5.74) is 3.09. The van der Waals surface area contributed by atoms with Crippen molar-refractivity contribution >= 4 is 0 Å². The highest BCUT2D eigenvalue weighted by Crippen LogP contribution is 2.45. The Hall–Kier alpha value is -0.980. The standard InChI is InChI=1S/C15H22O/c1-6-15(5)10-16-13-11(14(2,3)4)8-7-9-12(13)15/h7-9H,6,10H2,1-5H3. The summed E-state index contributed by atoms with van der Waals surface area (Å²) in [5.74, 6) is 1.14. The average Bonchev–Trinajstić information content (AvgIpc) is 2.56. The van der Waals surface area contributed by atoms with Crippen molar-refractivity contribution in [2.24, 2.45) is 0 Å². The minimum Gasteiger partial charge on any atom is -0.492 e. The van der Waals surface area contributed by atoms with E-state index in [1.165, 1.54) is 11.1 Å². The molecule has 16 heavy (non-hydrogen) atoms. The first kappa shape index (κ1) is 11.5. The third kappa shape index (κ3) is 1.63. The topological polar surface area (TPSA) is 9.23 Å². The lowest BCUT2D eigenvalue weighted by Gasteiger charge is -2.23. The molecule has 0 N–H and O–H groups in total. The van der Waals surface area contributed by atoms with Crippen molar-refractivity contribution in [3.05, 3.63) is 29.3 Å². The van der Waals surface area contributed by atoms with Crippen molar-refractivity contribution in [2.75, 3.05) is 6.61 Å². The van der Waals surface area contributed by atoms with Crippen LogP contribution in [0.2, 0.25) is 0 Å². The summed E-state index contributed by atoms with van der Waals surface area (Å²) < 4.78 is 5.96. The Balaban J connectivity index is 2.57. The summed E-state index contributed by atoms with van der Waals surface area (Å²) in [6.07, 6.45) is 1.13. The van der Waals surface area contributed by atoms with Gasteiger partial charge in [0.25, 0.3) is 0 Å². The van der Waals surface area contributed by atoms with Gasteiger partial charge in [0.1, 0.15) is 5.75 Å². The molecule has 1 atom stereocenters. The molecule has 1 aliphatic rings. The van der Waals surface area contributed by atoms with E-state index < -0.39 is 0 Å². The summed E-state index contributed by atoms with van der Waals surface area (Å²) in [6.45, 7) is 12.1. The number of hydrogen-bond donors (Lipinski definition) is 0. The van der Waals surface area contributed by atoms with E-state index in [0.29, 0.717) is 0 Å². The Kier molecular flexibility index (Phi) is 2.52. The lowest BCUT2D eigenvalue weighted by molar-refractivity contribution is 0.269. The molecule has 0 saturated heterocycles. The first-order valence-corrected chi connectivity index (χ1v) is 6.15. The second kappa shape index (κ2) is 3.51. The van der Waals surface area contributed by atoms with Crippen LogP contribution in [0.3, 0.4) is 0 Å². The predicted molar refractivity (Wildman–Crippen MR) is 68.3 cm³/mol. The Labute approximate surface area is 98.8 Å². The fourth-order valence-electron chi connectivity index (χ4n) is 2.36. The SMILES string of the molecule is CCC1(C)COc2c(C(C)(C)C)cccc21. The van der Waals surface area contributed by atoms with E-state index in [1.807, 2.05) is 0 Å². The zero-order chi connectivity index (χ0) is 12.0. The normalized spacial score (nSPS) is 24.1.